The van der Waals surface area contributed by atoms with Gasteiger partial charge in [-0.05, 0) is 43.2 Å². The first-order chi connectivity index (χ1) is 10.4. The van der Waals surface area contributed by atoms with Gasteiger partial charge in [-0.25, -0.2) is 4.98 Å². The lowest BCUT2D eigenvalue weighted by Crippen LogP contribution is -2.01. The molecule has 3 aromatic rings. The fourth-order valence-electron chi connectivity index (χ4n) is 2.44. The highest BCUT2D eigenvalue weighted by molar-refractivity contribution is 5.96. The smallest absolute Gasteiger partial charge is 0.227 e. The van der Waals surface area contributed by atoms with Crippen molar-refractivity contribution in [2.45, 2.75) is 18.9 Å². The maximum absolute atomic E-state index is 5.93. The SMILES string of the molecule is c1ccc(Oc2nccc3c(NC4CC4)cccc23)cc1. The molecule has 0 atom stereocenters. The Hall–Kier alpha value is -2.55. The number of nitrogens with zero attached hydrogens (tertiary/aromatic N) is 1. The van der Waals surface area contributed by atoms with Crippen LogP contribution in [0.4, 0.5) is 5.69 Å². The summed E-state index contributed by atoms with van der Waals surface area (Å²) in [5.74, 6) is 1.45. The van der Waals surface area contributed by atoms with E-state index in [4.69, 9.17) is 4.74 Å². The van der Waals surface area contributed by atoms with E-state index in [2.05, 4.69) is 22.4 Å². The number of nitrogens with one attached hydrogen (secondary N) is 1. The highest BCUT2D eigenvalue weighted by Gasteiger charge is 2.21. The van der Waals surface area contributed by atoms with Crippen molar-refractivity contribution in [3.63, 3.8) is 0 Å². The monoisotopic (exact) mass is 276 g/mol. The third-order valence-corrected chi connectivity index (χ3v) is 3.66. The zero-order chi connectivity index (χ0) is 14.1. The molecule has 1 aliphatic carbocycles. The molecule has 1 N–H and O–H groups in total. The molecule has 0 radical (unpaired) electrons. The zero-order valence-electron chi connectivity index (χ0n) is 11.6. The number of rotatable bonds is 4. The second kappa shape index (κ2) is 5.09. The summed E-state index contributed by atoms with van der Waals surface area (Å²) < 4.78 is 5.93. The van der Waals surface area contributed by atoms with Gasteiger partial charge in [-0.3, -0.25) is 0 Å². The molecular formula is C18H16N2O. The van der Waals surface area contributed by atoms with Crippen molar-refractivity contribution in [2.24, 2.45) is 0 Å². The molecule has 0 spiro atoms. The molecule has 104 valence electrons. The highest BCUT2D eigenvalue weighted by Crippen LogP contribution is 2.34. The van der Waals surface area contributed by atoms with Gasteiger partial charge in [0.25, 0.3) is 0 Å². The Morgan fingerprint density at radius 1 is 0.905 bits per heavy atom. The van der Waals surface area contributed by atoms with Crippen LogP contribution in [0.5, 0.6) is 11.6 Å². The van der Waals surface area contributed by atoms with E-state index in [1.54, 1.807) is 6.20 Å². The molecule has 0 aliphatic heterocycles. The Morgan fingerprint density at radius 3 is 2.57 bits per heavy atom. The first-order valence-electron chi connectivity index (χ1n) is 7.27. The van der Waals surface area contributed by atoms with Crippen LogP contribution < -0.4 is 10.1 Å². The summed E-state index contributed by atoms with van der Waals surface area (Å²) in [5, 5.41) is 5.76. The van der Waals surface area contributed by atoms with Crippen LogP contribution in [-0.2, 0) is 0 Å². The molecule has 3 nitrogen and oxygen atoms in total. The third-order valence-electron chi connectivity index (χ3n) is 3.66. The summed E-state index contributed by atoms with van der Waals surface area (Å²) in [6.07, 6.45) is 4.32. The van der Waals surface area contributed by atoms with Crippen molar-refractivity contribution < 1.29 is 4.74 Å². The summed E-state index contributed by atoms with van der Waals surface area (Å²) in [6.45, 7) is 0. The Bertz CT molecular complexity index is 767. The molecule has 0 unspecified atom stereocenters. The van der Waals surface area contributed by atoms with Gasteiger partial charge in [0.1, 0.15) is 5.75 Å². The van der Waals surface area contributed by atoms with Gasteiger partial charge in [0, 0.05) is 28.7 Å². The van der Waals surface area contributed by atoms with Gasteiger partial charge in [-0.15, -0.1) is 0 Å². The number of benzene rings is 2. The summed E-state index contributed by atoms with van der Waals surface area (Å²) in [7, 11) is 0. The normalized spacial score (nSPS) is 14.1. The molecule has 1 aromatic heterocycles. The Labute approximate surface area is 123 Å². The van der Waals surface area contributed by atoms with Gasteiger partial charge in [0.2, 0.25) is 5.88 Å². The van der Waals surface area contributed by atoms with Crippen LogP contribution in [0.25, 0.3) is 10.8 Å². The number of hydrogen-bond acceptors (Lipinski definition) is 3. The van der Waals surface area contributed by atoms with E-state index in [0.29, 0.717) is 11.9 Å². The average molecular weight is 276 g/mol. The van der Waals surface area contributed by atoms with Crippen LogP contribution in [0.2, 0.25) is 0 Å². The minimum absolute atomic E-state index is 0.627. The lowest BCUT2D eigenvalue weighted by atomic mass is 10.1. The van der Waals surface area contributed by atoms with Gasteiger partial charge in [-0.1, -0.05) is 24.3 Å². The summed E-state index contributed by atoms with van der Waals surface area (Å²) in [6, 6.07) is 18.7. The topological polar surface area (TPSA) is 34.1 Å². The minimum Gasteiger partial charge on any atom is -0.438 e. The van der Waals surface area contributed by atoms with Gasteiger partial charge in [0.05, 0.1) is 0 Å². The number of fused-ring (bicyclic) bond motifs is 1. The number of pyridine rings is 1. The summed E-state index contributed by atoms with van der Waals surface area (Å²) >= 11 is 0. The fourth-order valence-corrected chi connectivity index (χ4v) is 2.44. The predicted octanol–water partition coefficient (Wildman–Crippen LogP) is 4.60. The molecule has 0 amide bonds. The number of aromatic nitrogens is 1. The molecule has 1 fully saturated rings. The maximum atomic E-state index is 5.93. The summed E-state index contributed by atoms with van der Waals surface area (Å²) in [5.41, 5.74) is 1.16. The standard InChI is InChI=1S/C18H16N2O/c1-2-5-14(6-3-1)21-18-16-7-4-8-17(20-13-9-10-13)15(16)11-12-19-18/h1-8,11-13,20H,9-10H2. The number of ether oxygens (including phenoxy) is 1. The fraction of sp³-hybridized carbons (Fsp3) is 0.167. The quantitative estimate of drug-likeness (QED) is 0.756. The van der Waals surface area contributed by atoms with E-state index in [-0.39, 0.29) is 0 Å². The number of hydrogen-bond donors (Lipinski definition) is 1. The summed E-state index contributed by atoms with van der Waals surface area (Å²) in [4.78, 5) is 4.39. The van der Waals surface area contributed by atoms with E-state index in [1.807, 2.05) is 42.5 Å². The van der Waals surface area contributed by atoms with Crippen molar-refractivity contribution in [3.05, 3.63) is 60.8 Å². The van der Waals surface area contributed by atoms with Crippen LogP contribution in [0.3, 0.4) is 0 Å². The first kappa shape index (κ1) is 12.2. The lowest BCUT2D eigenvalue weighted by Gasteiger charge is -2.11. The molecule has 21 heavy (non-hydrogen) atoms. The van der Waals surface area contributed by atoms with Crippen LogP contribution in [0.15, 0.2) is 60.8 Å². The lowest BCUT2D eigenvalue weighted by molar-refractivity contribution is 0.469. The van der Waals surface area contributed by atoms with E-state index >= 15 is 0 Å². The highest BCUT2D eigenvalue weighted by atomic mass is 16.5. The Balaban J connectivity index is 1.75. The van der Waals surface area contributed by atoms with Gasteiger partial charge >= 0.3 is 0 Å². The molecule has 4 rings (SSSR count). The number of anilines is 1. The van der Waals surface area contributed by atoms with Crippen LogP contribution in [-0.4, -0.2) is 11.0 Å². The first-order valence-corrected chi connectivity index (χ1v) is 7.27. The number of para-hydroxylation sites is 1. The molecule has 0 saturated heterocycles. The molecular weight excluding hydrogens is 260 g/mol. The molecule has 3 heteroatoms. The van der Waals surface area contributed by atoms with E-state index in [9.17, 15) is 0 Å². The Kier molecular flexibility index (Phi) is 2.96. The van der Waals surface area contributed by atoms with Gasteiger partial charge in [0.15, 0.2) is 0 Å². The van der Waals surface area contributed by atoms with E-state index in [0.717, 1.165) is 22.2 Å². The van der Waals surface area contributed by atoms with E-state index < -0.39 is 0 Å². The second-order valence-electron chi connectivity index (χ2n) is 5.35. The second-order valence-corrected chi connectivity index (χ2v) is 5.35. The van der Waals surface area contributed by atoms with Gasteiger partial charge < -0.3 is 10.1 Å². The molecule has 0 bridgehead atoms. The van der Waals surface area contributed by atoms with Crippen molar-refractivity contribution in [1.82, 2.24) is 4.98 Å². The predicted molar refractivity (Wildman–Crippen MR) is 84.9 cm³/mol. The van der Waals surface area contributed by atoms with Crippen molar-refractivity contribution in [3.8, 4) is 11.6 Å². The molecule has 1 saturated carbocycles. The van der Waals surface area contributed by atoms with Crippen molar-refractivity contribution in [1.29, 1.82) is 0 Å². The van der Waals surface area contributed by atoms with Crippen LogP contribution >= 0.6 is 0 Å². The largest absolute Gasteiger partial charge is 0.438 e. The third kappa shape index (κ3) is 2.55. The van der Waals surface area contributed by atoms with Crippen LogP contribution in [0.1, 0.15) is 12.8 Å². The van der Waals surface area contributed by atoms with E-state index in [1.165, 1.54) is 12.8 Å². The van der Waals surface area contributed by atoms with Crippen molar-refractivity contribution in [2.75, 3.05) is 5.32 Å². The van der Waals surface area contributed by atoms with Crippen molar-refractivity contribution >= 4 is 16.5 Å². The molecule has 2 aromatic carbocycles. The van der Waals surface area contributed by atoms with Gasteiger partial charge in [-0.2, -0.15) is 0 Å². The Morgan fingerprint density at radius 2 is 1.76 bits per heavy atom. The minimum atomic E-state index is 0.627. The molecule has 1 heterocycles. The van der Waals surface area contributed by atoms with Crippen LogP contribution in [0, 0.1) is 0 Å². The molecule has 1 aliphatic rings. The maximum Gasteiger partial charge on any atom is 0.227 e. The zero-order valence-corrected chi connectivity index (χ0v) is 11.6. The average Bonchev–Trinajstić information content (AvgIpc) is 3.33.